The Balaban J connectivity index is 1.35. The first-order chi connectivity index (χ1) is 22.7. The Morgan fingerprint density at radius 3 is 2.15 bits per heavy atom. The smallest absolute Gasteiger partial charge is 0.255 e. The highest BCUT2D eigenvalue weighted by Gasteiger charge is 2.35. The third-order valence-electron chi connectivity index (χ3n) is 8.66. The largest absolute Gasteiger partial charge is 0.497 e. The maximum atomic E-state index is 13.7. The molecule has 2 N–H and O–H groups in total. The van der Waals surface area contributed by atoms with Gasteiger partial charge in [0.1, 0.15) is 23.0 Å². The Morgan fingerprint density at radius 2 is 1.45 bits per heavy atom. The topological polar surface area (TPSA) is 120 Å². The maximum absolute atomic E-state index is 13.7. The highest BCUT2D eigenvalue weighted by molar-refractivity contribution is 6.32. The number of hydrogen-bond donors (Lipinski definition) is 2. The number of halogens is 1. The fourth-order valence-corrected chi connectivity index (χ4v) is 6.67. The molecule has 4 aromatic rings. The van der Waals surface area contributed by atoms with Gasteiger partial charge in [0.2, 0.25) is 0 Å². The number of fused-ring (bicyclic) bond motifs is 4. The van der Waals surface area contributed by atoms with Crippen LogP contribution in [0.3, 0.4) is 0 Å². The molecule has 2 aliphatic heterocycles. The normalized spacial score (nSPS) is 16.5. The highest BCUT2D eigenvalue weighted by Crippen LogP contribution is 2.40. The van der Waals surface area contributed by atoms with Crippen LogP contribution in [0.2, 0.25) is 5.02 Å². The number of nitrogens with one attached hydrogen (secondary N) is 2. The first kappa shape index (κ1) is 31.8. The minimum atomic E-state index is -0.432. The van der Waals surface area contributed by atoms with E-state index in [1.54, 1.807) is 54.6 Å². The van der Waals surface area contributed by atoms with Gasteiger partial charge in [0, 0.05) is 60.6 Å². The number of rotatable bonds is 9. The Hall–Kier alpha value is -5.16. The molecule has 6 rings (SSSR count). The lowest BCUT2D eigenvalue weighted by molar-refractivity contribution is 0.101. The molecule has 244 valence electrons. The van der Waals surface area contributed by atoms with Crippen LogP contribution in [0.5, 0.6) is 23.0 Å². The maximum Gasteiger partial charge on any atom is 0.255 e. The van der Waals surface area contributed by atoms with Crippen LogP contribution in [0.25, 0.3) is 0 Å². The summed E-state index contributed by atoms with van der Waals surface area (Å²) >= 11 is 6.34. The van der Waals surface area contributed by atoms with E-state index in [1.165, 1.54) is 28.4 Å². The SMILES string of the molecule is COc1cc(OC)cc(C(=O)Nc2cc(C(=O)Nc3cc(Cl)c(OC)cc3OC)ccc2N2C[C@H]3C[C@@H](C2)c2cccc(=O)n2C3)c1. The summed E-state index contributed by atoms with van der Waals surface area (Å²) in [6.45, 7) is 1.95. The molecule has 1 fully saturated rings. The average Bonchev–Trinajstić information content (AvgIpc) is 3.08. The molecule has 47 heavy (non-hydrogen) atoms. The molecule has 0 aliphatic carbocycles. The summed E-state index contributed by atoms with van der Waals surface area (Å²) in [6.07, 6.45) is 0.970. The van der Waals surface area contributed by atoms with Crippen LogP contribution in [0.4, 0.5) is 17.1 Å². The standard InChI is InChI=1S/C35H35ClN4O7/c1-44-24-11-22(12-25(14-24)45-2)35(43)37-27-13-21(34(42)38-28-15-26(36)31(46-3)16-32(28)47-4)8-9-30(27)39-17-20-10-23(19-39)29-6-5-7-33(41)40(29)18-20/h5-9,11-16,20,23H,10,17-19H2,1-4H3,(H,37,43)(H,38,42)/t20-,23+/m1/s1. The van der Waals surface area contributed by atoms with E-state index in [0.29, 0.717) is 70.2 Å². The van der Waals surface area contributed by atoms with Gasteiger partial charge < -0.3 is 39.0 Å². The third-order valence-corrected chi connectivity index (χ3v) is 8.96. The minimum absolute atomic E-state index is 0.0115. The molecule has 11 nitrogen and oxygen atoms in total. The molecule has 0 saturated carbocycles. The van der Waals surface area contributed by atoms with Crippen molar-refractivity contribution in [3.8, 4) is 23.0 Å². The van der Waals surface area contributed by atoms with Crippen molar-refractivity contribution < 1.29 is 28.5 Å². The summed E-state index contributed by atoms with van der Waals surface area (Å²) < 4.78 is 23.3. The molecule has 1 aromatic heterocycles. The van der Waals surface area contributed by atoms with Gasteiger partial charge in [-0.3, -0.25) is 14.4 Å². The quantitative estimate of drug-likeness (QED) is 0.236. The first-order valence-corrected chi connectivity index (χ1v) is 15.4. The van der Waals surface area contributed by atoms with E-state index in [4.69, 9.17) is 30.5 Å². The summed E-state index contributed by atoms with van der Waals surface area (Å²) in [7, 11) is 6.01. The highest BCUT2D eigenvalue weighted by atomic mass is 35.5. The monoisotopic (exact) mass is 658 g/mol. The summed E-state index contributed by atoms with van der Waals surface area (Å²) in [5.74, 6) is 1.25. The van der Waals surface area contributed by atoms with E-state index >= 15 is 0 Å². The lowest BCUT2D eigenvalue weighted by Crippen LogP contribution is -2.47. The zero-order valence-corrected chi connectivity index (χ0v) is 27.2. The molecule has 1 saturated heterocycles. The molecular formula is C35H35ClN4O7. The molecule has 2 amide bonds. The summed E-state index contributed by atoms with van der Waals surface area (Å²) in [6, 6.07) is 18.7. The van der Waals surface area contributed by atoms with Crippen LogP contribution < -0.4 is 40.0 Å². The molecule has 2 bridgehead atoms. The number of piperidine rings is 1. The van der Waals surface area contributed by atoms with Gasteiger partial charge in [-0.1, -0.05) is 17.7 Å². The minimum Gasteiger partial charge on any atom is -0.497 e. The Kier molecular flexibility index (Phi) is 8.99. The average molecular weight is 659 g/mol. The summed E-state index contributed by atoms with van der Waals surface area (Å²) in [5.41, 5.74) is 3.22. The number of pyridine rings is 1. The third kappa shape index (κ3) is 6.44. The van der Waals surface area contributed by atoms with Gasteiger partial charge in [-0.05, 0) is 54.8 Å². The zero-order valence-electron chi connectivity index (χ0n) is 26.5. The Labute approximate surface area is 277 Å². The molecular weight excluding hydrogens is 624 g/mol. The van der Waals surface area contributed by atoms with Gasteiger partial charge >= 0.3 is 0 Å². The van der Waals surface area contributed by atoms with Gasteiger partial charge in [0.15, 0.2) is 0 Å². The van der Waals surface area contributed by atoms with E-state index < -0.39 is 11.8 Å². The van der Waals surface area contributed by atoms with Crippen molar-refractivity contribution in [2.45, 2.75) is 18.9 Å². The van der Waals surface area contributed by atoms with Crippen LogP contribution in [0, 0.1) is 5.92 Å². The van der Waals surface area contributed by atoms with Gasteiger partial charge in [-0.2, -0.15) is 0 Å². The number of ether oxygens (including phenoxy) is 4. The number of aromatic nitrogens is 1. The van der Waals surface area contributed by atoms with Gasteiger partial charge in [0.05, 0.1) is 50.5 Å². The van der Waals surface area contributed by atoms with Gasteiger partial charge in [0.25, 0.3) is 17.4 Å². The second-order valence-corrected chi connectivity index (χ2v) is 11.9. The van der Waals surface area contributed by atoms with Crippen molar-refractivity contribution >= 4 is 40.5 Å². The molecule has 0 unspecified atom stereocenters. The number of benzene rings is 3. The lowest BCUT2D eigenvalue weighted by Gasteiger charge is -2.44. The number of amides is 2. The van der Waals surface area contributed by atoms with Gasteiger partial charge in [-0.25, -0.2) is 0 Å². The van der Waals surface area contributed by atoms with E-state index in [1.807, 2.05) is 16.7 Å². The predicted octanol–water partition coefficient (Wildman–Crippen LogP) is 5.66. The van der Waals surface area contributed by atoms with E-state index in [2.05, 4.69) is 15.5 Å². The molecule has 3 aromatic carbocycles. The van der Waals surface area contributed by atoms with Crippen LogP contribution in [0.15, 0.2) is 71.5 Å². The number of hydrogen-bond acceptors (Lipinski definition) is 8. The fourth-order valence-electron chi connectivity index (χ4n) is 6.43. The van der Waals surface area contributed by atoms with Crippen molar-refractivity contribution in [1.29, 1.82) is 0 Å². The van der Waals surface area contributed by atoms with E-state index in [9.17, 15) is 14.4 Å². The van der Waals surface area contributed by atoms with Crippen LogP contribution >= 0.6 is 11.6 Å². The Bertz CT molecular complexity index is 1890. The molecule has 0 radical (unpaired) electrons. The van der Waals surface area contributed by atoms with Crippen molar-refractivity contribution in [3.05, 3.63) is 98.9 Å². The summed E-state index contributed by atoms with van der Waals surface area (Å²) in [4.78, 5) is 42.1. The number of anilines is 3. The molecule has 0 spiro atoms. The number of methoxy groups -OCH3 is 4. The van der Waals surface area contributed by atoms with Crippen molar-refractivity contribution in [3.63, 3.8) is 0 Å². The number of nitrogens with zero attached hydrogens (tertiary/aromatic N) is 2. The second-order valence-electron chi connectivity index (χ2n) is 11.5. The second kappa shape index (κ2) is 13.3. The number of carbonyl (C=O) groups is 2. The lowest BCUT2D eigenvalue weighted by atomic mass is 9.83. The van der Waals surface area contributed by atoms with Crippen LogP contribution in [-0.2, 0) is 6.54 Å². The van der Waals surface area contributed by atoms with E-state index in [0.717, 1.165) is 17.8 Å². The van der Waals surface area contributed by atoms with Crippen molar-refractivity contribution in [2.24, 2.45) is 5.92 Å². The predicted molar refractivity (Wildman–Crippen MR) is 180 cm³/mol. The van der Waals surface area contributed by atoms with Crippen LogP contribution in [0.1, 0.15) is 38.7 Å². The Morgan fingerprint density at radius 1 is 0.745 bits per heavy atom. The van der Waals surface area contributed by atoms with E-state index in [-0.39, 0.29) is 17.4 Å². The summed E-state index contributed by atoms with van der Waals surface area (Å²) in [5, 5.41) is 6.21. The molecule has 3 heterocycles. The van der Waals surface area contributed by atoms with Crippen LogP contribution in [-0.4, -0.2) is 57.9 Å². The molecule has 12 heteroatoms. The van der Waals surface area contributed by atoms with Crippen molar-refractivity contribution in [2.75, 3.05) is 57.1 Å². The van der Waals surface area contributed by atoms with Gasteiger partial charge in [-0.15, -0.1) is 0 Å². The number of carbonyl (C=O) groups excluding carboxylic acids is 2. The molecule has 2 aliphatic rings. The van der Waals surface area contributed by atoms with Crippen molar-refractivity contribution in [1.82, 2.24) is 4.57 Å². The first-order valence-electron chi connectivity index (χ1n) is 15.1. The fraction of sp³-hybridized carbons (Fsp3) is 0.286. The zero-order chi connectivity index (χ0) is 33.2. The molecule has 2 atom stereocenters.